The first-order valence-electron chi connectivity index (χ1n) is 23.8. The van der Waals surface area contributed by atoms with Crippen molar-refractivity contribution in [3.05, 3.63) is 218 Å². The first-order valence-corrected chi connectivity index (χ1v) is 26.6. The number of phenolic OH excluding ortho intramolecular Hbond substituents is 2. The quantitative estimate of drug-likeness (QED) is 0.0667. The van der Waals surface area contributed by atoms with E-state index in [9.17, 15) is 53.4 Å². The molecule has 12 aromatic rings. The number of phenols is 2. The summed E-state index contributed by atoms with van der Waals surface area (Å²) in [6.07, 6.45) is 0. The monoisotopic (exact) mass is 1090 g/mol. The third-order valence-electron chi connectivity index (χ3n) is 13.5. The zero-order chi connectivity index (χ0) is 54.7. The highest BCUT2D eigenvalue weighted by atomic mass is 32.2. The van der Waals surface area contributed by atoms with Gasteiger partial charge in [0.15, 0.2) is 11.5 Å². The van der Waals surface area contributed by atoms with Crippen molar-refractivity contribution in [2.75, 3.05) is 0 Å². The van der Waals surface area contributed by atoms with Crippen LogP contribution in [-0.4, -0.2) is 38.1 Å². The molecule has 0 aliphatic heterocycles. The minimum Gasteiger partial charge on any atom is -0.507 e. The highest BCUT2D eigenvalue weighted by Crippen LogP contribution is 2.48. The number of halogens is 6. The Morgan fingerprint density at radius 2 is 0.487 bits per heavy atom. The predicted octanol–water partition coefficient (Wildman–Crippen LogP) is 16.8. The van der Waals surface area contributed by atoms with Crippen LogP contribution in [0.5, 0.6) is 23.0 Å². The summed E-state index contributed by atoms with van der Waals surface area (Å²) < 4.78 is 136. The normalized spacial score (nSPS) is 12.3. The van der Waals surface area contributed by atoms with Crippen LogP contribution in [0.2, 0.25) is 0 Å². The number of rotatable bonds is 8. The summed E-state index contributed by atoms with van der Waals surface area (Å²) in [6, 6.07) is 63.5. The maximum Gasteiger partial charge on any atom is 0.534 e. The van der Waals surface area contributed by atoms with E-state index in [1.807, 2.05) is 60.7 Å². The van der Waals surface area contributed by atoms with Gasteiger partial charge in [0, 0.05) is 22.3 Å². The number of alkyl halides is 6. The molecule has 12 rings (SSSR count). The lowest BCUT2D eigenvalue weighted by molar-refractivity contribution is -0.0504. The summed E-state index contributed by atoms with van der Waals surface area (Å²) in [5, 5.41) is 31.0. The number of para-hydroxylation sites is 4. The maximum absolute atomic E-state index is 13.2. The van der Waals surface area contributed by atoms with E-state index in [-0.39, 0.29) is 22.6 Å². The van der Waals surface area contributed by atoms with Gasteiger partial charge in [-0.15, -0.1) is 0 Å². The van der Waals surface area contributed by atoms with E-state index >= 15 is 0 Å². The molecule has 12 aromatic carbocycles. The molecule has 2 N–H and O–H groups in total. The van der Waals surface area contributed by atoms with E-state index in [0.29, 0.717) is 43.4 Å². The Balaban J connectivity index is 0.000000176. The van der Waals surface area contributed by atoms with Gasteiger partial charge >= 0.3 is 31.3 Å². The fourth-order valence-corrected chi connectivity index (χ4v) is 11.0. The molecular formula is C62H38F6O8S2. The number of hydrogen-bond acceptors (Lipinski definition) is 8. The molecule has 0 unspecified atom stereocenters. The van der Waals surface area contributed by atoms with Gasteiger partial charge in [-0.2, -0.15) is 43.2 Å². The number of benzene rings is 12. The molecule has 16 heteroatoms. The van der Waals surface area contributed by atoms with Crippen LogP contribution in [0.15, 0.2) is 218 Å². The number of hydrogen-bond donors (Lipinski definition) is 2. The second kappa shape index (κ2) is 19.5. The minimum atomic E-state index is -6.00. The van der Waals surface area contributed by atoms with Gasteiger partial charge in [0.05, 0.1) is 0 Å². The highest BCUT2D eigenvalue weighted by Gasteiger charge is 2.49. The van der Waals surface area contributed by atoms with Crippen LogP contribution in [0.1, 0.15) is 0 Å². The van der Waals surface area contributed by atoms with Crippen LogP contribution in [-0.2, 0) is 20.2 Å². The summed E-state index contributed by atoms with van der Waals surface area (Å²) in [5.74, 6) is -0.566. The maximum atomic E-state index is 13.2. The molecule has 0 amide bonds. The Morgan fingerprint density at radius 3 is 0.756 bits per heavy atom. The first-order chi connectivity index (χ1) is 37.3. The van der Waals surface area contributed by atoms with Crippen molar-refractivity contribution in [1.29, 1.82) is 0 Å². The van der Waals surface area contributed by atoms with Gasteiger partial charge in [-0.1, -0.05) is 170 Å². The molecule has 0 bridgehead atoms. The zero-order valence-corrected chi connectivity index (χ0v) is 41.8. The summed E-state index contributed by atoms with van der Waals surface area (Å²) in [5.41, 5.74) is -6.90. The second-order valence-corrected chi connectivity index (χ2v) is 21.1. The molecule has 0 fully saturated rings. The molecule has 8 nitrogen and oxygen atoms in total. The third-order valence-corrected chi connectivity index (χ3v) is 15.4. The lowest BCUT2D eigenvalue weighted by Crippen LogP contribution is -2.28. The van der Waals surface area contributed by atoms with Crippen LogP contribution in [0, 0.1) is 0 Å². The Kier molecular flexibility index (Phi) is 12.7. The Labute approximate surface area is 441 Å². The molecule has 0 heterocycles. The molecular weight excluding hydrogens is 1050 g/mol. The summed E-state index contributed by atoms with van der Waals surface area (Å²) >= 11 is 0. The van der Waals surface area contributed by atoms with Crippen molar-refractivity contribution >= 4 is 84.9 Å². The molecule has 0 spiro atoms. The number of aromatic hydroxyl groups is 2. The Morgan fingerprint density at radius 1 is 0.269 bits per heavy atom. The van der Waals surface area contributed by atoms with Gasteiger partial charge < -0.3 is 18.6 Å². The van der Waals surface area contributed by atoms with E-state index in [1.165, 1.54) is 36.4 Å². The average Bonchev–Trinajstić information content (AvgIpc) is 3.63. The van der Waals surface area contributed by atoms with Gasteiger partial charge in [0.1, 0.15) is 11.5 Å². The predicted molar refractivity (Wildman–Crippen MR) is 294 cm³/mol. The summed E-state index contributed by atoms with van der Waals surface area (Å²) in [4.78, 5) is 0. The first kappa shape index (κ1) is 51.0. The molecule has 78 heavy (non-hydrogen) atoms. The third kappa shape index (κ3) is 9.07. The zero-order valence-electron chi connectivity index (χ0n) is 40.2. The Hall–Kier alpha value is -9.12. The molecule has 0 saturated carbocycles. The van der Waals surface area contributed by atoms with Crippen LogP contribution >= 0.6 is 0 Å². The van der Waals surface area contributed by atoms with Crippen molar-refractivity contribution < 1.29 is 61.8 Å². The smallest absolute Gasteiger partial charge is 0.507 e. The van der Waals surface area contributed by atoms with Gasteiger partial charge in [-0.3, -0.25) is 0 Å². The van der Waals surface area contributed by atoms with E-state index in [1.54, 1.807) is 72.8 Å². The highest BCUT2D eigenvalue weighted by molar-refractivity contribution is 7.88. The van der Waals surface area contributed by atoms with Crippen molar-refractivity contribution in [3.8, 4) is 67.5 Å². The van der Waals surface area contributed by atoms with Gasteiger partial charge in [-0.25, -0.2) is 0 Å². The standard InChI is InChI=1S/C32H18F6O6S2.C30H20O2/c33-31(34,35)45(39,40)43-29-15-7-5-13-23(29)25-17-28-22-12-4-2-10-20(22)26(18-27(28)21-11-3-1-9-19(21)25)24-14-6-8-16-30(24)44-46(41,42)32(36,37)38;31-29-15-7-5-13-23(29)25-17-28-22-12-4-2-10-20(22)26(24-14-6-8-16-30(24)32)18-27(28)21-11-3-1-9-19(21)25/h1-18H;1-18,31-32H. The molecule has 388 valence electrons. The molecule has 0 atom stereocenters. The van der Waals surface area contributed by atoms with Crippen molar-refractivity contribution in [2.24, 2.45) is 0 Å². The van der Waals surface area contributed by atoms with E-state index in [4.69, 9.17) is 0 Å². The number of fused-ring (bicyclic) bond motifs is 10. The van der Waals surface area contributed by atoms with E-state index < -0.39 is 42.8 Å². The van der Waals surface area contributed by atoms with Crippen molar-refractivity contribution in [3.63, 3.8) is 0 Å². The topological polar surface area (TPSA) is 127 Å². The molecule has 0 aliphatic carbocycles. The summed E-state index contributed by atoms with van der Waals surface area (Å²) in [7, 11) is -12.0. The van der Waals surface area contributed by atoms with Crippen LogP contribution in [0.3, 0.4) is 0 Å². The molecule has 0 radical (unpaired) electrons. The van der Waals surface area contributed by atoms with Crippen molar-refractivity contribution in [1.82, 2.24) is 0 Å². The molecule has 0 aromatic heterocycles. The fourth-order valence-electron chi connectivity index (χ4n) is 10.1. The lowest BCUT2D eigenvalue weighted by Gasteiger charge is -2.19. The molecule has 0 aliphatic rings. The van der Waals surface area contributed by atoms with E-state index in [0.717, 1.165) is 66.7 Å². The fraction of sp³-hybridized carbons (Fsp3) is 0.0323. The lowest BCUT2D eigenvalue weighted by atomic mass is 9.87. The van der Waals surface area contributed by atoms with E-state index in [2.05, 4.69) is 44.8 Å². The molecule has 0 saturated heterocycles. The average molecular weight is 1090 g/mol. The minimum absolute atomic E-state index is 0.0534. The van der Waals surface area contributed by atoms with Crippen molar-refractivity contribution in [2.45, 2.75) is 11.0 Å². The largest absolute Gasteiger partial charge is 0.534 e. The van der Waals surface area contributed by atoms with Crippen LogP contribution in [0.4, 0.5) is 26.3 Å². The van der Waals surface area contributed by atoms with Gasteiger partial charge in [0.2, 0.25) is 0 Å². The van der Waals surface area contributed by atoms with Gasteiger partial charge in [0.25, 0.3) is 0 Å². The SMILES string of the molecule is O=S(=O)(Oc1ccccc1-c1cc2c3ccccc3c(-c3ccccc3OS(=O)(=O)C(F)(F)F)cc2c2ccccc12)C(F)(F)F.Oc1ccccc1-c1cc2c3ccccc3c(-c3ccccc3O)cc2c2ccccc12. The van der Waals surface area contributed by atoms with Crippen LogP contribution in [0.25, 0.3) is 109 Å². The second-order valence-electron chi connectivity index (χ2n) is 18.1. The summed E-state index contributed by atoms with van der Waals surface area (Å²) in [6.45, 7) is 0. The van der Waals surface area contributed by atoms with Gasteiger partial charge in [-0.05, 0) is 135 Å². The van der Waals surface area contributed by atoms with Crippen LogP contribution < -0.4 is 8.37 Å². The Bertz CT molecular complexity index is 4330.